The van der Waals surface area contributed by atoms with Crippen molar-refractivity contribution in [3.8, 4) is 5.75 Å². The molecule has 22 heavy (non-hydrogen) atoms. The van der Waals surface area contributed by atoms with E-state index in [0.29, 0.717) is 6.04 Å². The quantitative estimate of drug-likeness (QED) is 0.651. The lowest BCUT2D eigenvalue weighted by Gasteiger charge is -2.21. The normalized spacial score (nSPS) is 12.7. The predicted molar refractivity (Wildman–Crippen MR) is 90.2 cm³/mol. The van der Waals surface area contributed by atoms with Crippen LogP contribution in [0, 0.1) is 0 Å². The molecule has 3 aromatic rings. The van der Waals surface area contributed by atoms with Gasteiger partial charge in [0.25, 0.3) is 0 Å². The number of para-hydroxylation sites is 3. The first-order chi connectivity index (χ1) is 10.7. The van der Waals surface area contributed by atoms with Crippen molar-refractivity contribution in [2.75, 3.05) is 0 Å². The maximum Gasteiger partial charge on any atom is 0.156 e. The summed E-state index contributed by atoms with van der Waals surface area (Å²) in [5.74, 6) is 1.89. The molecule has 3 heteroatoms. The van der Waals surface area contributed by atoms with E-state index in [0.717, 1.165) is 23.5 Å². The van der Waals surface area contributed by atoms with Crippen LogP contribution in [0.5, 0.6) is 5.75 Å². The van der Waals surface area contributed by atoms with Gasteiger partial charge in [0.05, 0.1) is 11.0 Å². The van der Waals surface area contributed by atoms with Crippen molar-refractivity contribution in [1.29, 1.82) is 0 Å². The third-order valence-corrected chi connectivity index (χ3v) is 3.82. The Morgan fingerprint density at radius 2 is 1.68 bits per heavy atom. The van der Waals surface area contributed by atoms with Crippen molar-refractivity contribution in [3.05, 3.63) is 60.4 Å². The van der Waals surface area contributed by atoms with Crippen LogP contribution in [0.4, 0.5) is 0 Å². The first-order valence-electron chi connectivity index (χ1n) is 7.89. The second-order valence-electron chi connectivity index (χ2n) is 5.75. The average molecular weight is 294 g/mol. The smallest absolute Gasteiger partial charge is 0.156 e. The molecule has 0 bridgehead atoms. The Balaban J connectivity index is 2.04. The molecule has 0 aliphatic rings. The Morgan fingerprint density at radius 1 is 1.00 bits per heavy atom. The van der Waals surface area contributed by atoms with Crippen LogP contribution in [-0.4, -0.2) is 9.55 Å². The van der Waals surface area contributed by atoms with Gasteiger partial charge in [0.2, 0.25) is 0 Å². The number of nitrogens with zero attached hydrogens (tertiary/aromatic N) is 2. The summed E-state index contributed by atoms with van der Waals surface area (Å²) in [4.78, 5) is 4.84. The van der Waals surface area contributed by atoms with E-state index in [1.807, 2.05) is 36.4 Å². The molecule has 0 saturated heterocycles. The van der Waals surface area contributed by atoms with E-state index < -0.39 is 0 Å². The fraction of sp³-hybridized carbons (Fsp3) is 0.316. The van der Waals surface area contributed by atoms with Gasteiger partial charge in [0.1, 0.15) is 5.75 Å². The SMILES string of the molecule is CC[C@H](Oc1ccccc1)c1nc2ccccc2n1C(C)C. The zero-order chi connectivity index (χ0) is 15.5. The van der Waals surface area contributed by atoms with Gasteiger partial charge in [-0.15, -0.1) is 0 Å². The topological polar surface area (TPSA) is 27.1 Å². The summed E-state index contributed by atoms with van der Waals surface area (Å²) < 4.78 is 8.47. The second kappa shape index (κ2) is 6.22. The van der Waals surface area contributed by atoms with Crippen molar-refractivity contribution < 1.29 is 4.74 Å². The monoisotopic (exact) mass is 294 g/mol. The molecule has 0 fully saturated rings. The van der Waals surface area contributed by atoms with Crippen LogP contribution >= 0.6 is 0 Å². The van der Waals surface area contributed by atoms with Crippen LogP contribution < -0.4 is 4.74 Å². The third kappa shape index (κ3) is 2.71. The van der Waals surface area contributed by atoms with E-state index >= 15 is 0 Å². The molecule has 0 unspecified atom stereocenters. The minimum absolute atomic E-state index is 0.0443. The average Bonchev–Trinajstić information content (AvgIpc) is 2.93. The fourth-order valence-corrected chi connectivity index (χ4v) is 2.81. The fourth-order valence-electron chi connectivity index (χ4n) is 2.81. The summed E-state index contributed by atoms with van der Waals surface area (Å²) in [5, 5.41) is 0. The van der Waals surface area contributed by atoms with Crippen LogP contribution in [0.2, 0.25) is 0 Å². The molecule has 3 rings (SSSR count). The molecule has 0 N–H and O–H groups in total. The van der Waals surface area contributed by atoms with E-state index in [4.69, 9.17) is 9.72 Å². The zero-order valence-corrected chi connectivity index (χ0v) is 13.4. The van der Waals surface area contributed by atoms with E-state index in [1.165, 1.54) is 5.52 Å². The van der Waals surface area contributed by atoms with Crippen LogP contribution in [-0.2, 0) is 0 Å². The highest BCUT2D eigenvalue weighted by atomic mass is 16.5. The lowest BCUT2D eigenvalue weighted by molar-refractivity contribution is 0.185. The van der Waals surface area contributed by atoms with Gasteiger partial charge in [-0.2, -0.15) is 0 Å². The van der Waals surface area contributed by atoms with Gasteiger partial charge in [-0.3, -0.25) is 0 Å². The predicted octanol–water partition coefficient (Wildman–Crippen LogP) is 5.15. The van der Waals surface area contributed by atoms with Gasteiger partial charge in [0, 0.05) is 6.04 Å². The number of hydrogen-bond donors (Lipinski definition) is 0. The van der Waals surface area contributed by atoms with Gasteiger partial charge >= 0.3 is 0 Å². The van der Waals surface area contributed by atoms with Gasteiger partial charge in [-0.25, -0.2) is 4.98 Å². The minimum atomic E-state index is -0.0443. The Bertz CT molecular complexity index is 746. The lowest BCUT2D eigenvalue weighted by atomic mass is 10.2. The van der Waals surface area contributed by atoms with E-state index in [-0.39, 0.29) is 6.10 Å². The number of hydrogen-bond acceptors (Lipinski definition) is 2. The summed E-state index contributed by atoms with van der Waals surface area (Å²) in [6, 6.07) is 18.6. The highest BCUT2D eigenvalue weighted by molar-refractivity contribution is 5.76. The number of fused-ring (bicyclic) bond motifs is 1. The Morgan fingerprint density at radius 3 is 2.36 bits per heavy atom. The molecule has 2 aromatic carbocycles. The number of aromatic nitrogens is 2. The molecule has 1 atom stereocenters. The standard InChI is InChI=1S/C19H22N2O/c1-4-18(22-15-10-6-5-7-11-15)19-20-16-12-8-9-13-17(16)21(19)14(2)3/h5-14,18H,4H2,1-3H3/t18-/m0/s1. The summed E-state index contributed by atoms with van der Waals surface area (Å²) in [5.41, 5.74) is 2.20. The number of benzene rings is 2. The van der Waals surface area contributed by atoms with Crippen molar-refractivity contribution in [3.63, 3.8) is 0 Å². The van der Waals surface area contributed by atoms with Crippen LogP contribution in [0.25, 0.3) is 11.0 Å². The second-order valence-corrected chi connectivity index (χ2v) is 5.75. The number of ether oxygens (including phenoxy) is 1. The van der Waals surface area contributed by atoms with Gasteiger partial charge < -0.3 is 9.30 Å². The largest absolute Gasteiger partial charge is 0.483 e. The van der Waals surface area contributed by atoms with E-state index in [1.54, 1.807) is 0 Å². The van der Waals surface area contributed by atoms with Crippen molar-refractivity contribution >= 4 is 11.0 Å². The Hall–Kier alpha value is -2.29. The summed E-state index contributed by atoms with van der Waals surface area (Å²) in [6.45, 7) is 6.51. The Labute approximate surface area is 131 Å². The molecule has 114 valence electrons. The molecule has 0 aliphatic carbocycles. The van der Waals surface area contributed by atoms with Gasteiger partial charge in [-0.05, 0) is 44.5 Å². The molecule has 0 saturated carbocycles. The number of imidazole rings is 1. The minimum Gasteiger partial charge on any atom is -0.483 e. The van der Waals surface area contributed by atoms with Gasteiger partial charge in [-0.1, -0.05) is 37.3 Å². The van der Waals surface area contributed by atoms with E-state index in [9.17, 15) is 0 Å². The summed E-state index contributed by atoms with van der Waals surface area (Å²) >= 11 is 0. The van der Waals surface area contributed by atoms with Crippen LogP contribution in [0.15, 0.2) is 54.6 Å². The molecule has 3 nitrogen and oxygen atoms in total. The molecule has 1 heterocycles. The van der Waals surface area contributed by atoms with Crippen LogP contribution in [0.3, 0.4) is 0 Å². The molecular weight excluding hydrogens is 272 g/mol. The first-order valence-corrected chi connectivity index (χ1v) is 7.89. The zero-order valence-electron chi connectivity index (χ0n) is 13.4. The van der Waals surface area contributed by atoms with Crippen molar-refractivity contribution in [2.24, 2.45) is 0 Å². The van der Waals surface area contributed by atoms with Crippen molar-refractivity contribution in [1.82, 2.24) is 9.55 Å². The summed E-state index contributed by atoms with van der Waals surface area (Å²) in [6.07, 6.45) is 0.836. The molecule has 1 aromatic heterocycles. The maximum absolute atomic E-state index is 6.19. The highest BCUT2D eigenvalue weighted by Gasteiger charge is 2.21. The molecule has 0 aliphatic heterocycles. The highest BCUT2D eigenvalue weighted by Crippen LogP contribution is 2.29. The molecule has 0 amide bonds. The van der Waals surface area contributed by atoms with Crippen LogP contribution in [0.1, 0.15) is 45.2 Å². The Kier molecular flexibility index (Phi) is 4.14. The summed E-state index contributed by atoms with van der Waals surface area (Å²) in [7, 11) is 0. The molecule has 0 spiro atoms. The first kappa shape index (κ1) is 14.6. The van der Waals surface area contributed by atoms with Crippen molar-refractivity contribution in [2.45, 2.75) is 39.3 Å². The molecular formula is C19H22N2O. The third-order valence-electron chi connectivity index (χ3n) is 3.82. The number of rotatable bonds is 5. The molecule has 0 radical (unpaired) electrons. The maximum atomic E-state index is 6.19. The lowest BCUT2D eigenvalue weighted by Crippen LogP contribution is -2.15. The van der Waals surface area contributed by atoms with Gasteiger partial charge in [0.15, 0.2) is 11.9 Å². The van der Waals surface area contributed by atoms with E-state index in [2.05, 4.69) is 43.5 Å².